The largest absolute Gasteiger partial charge is 0.392 e. The van der Waals surface area contributed by atoms with Crippen LogP contribution in [0.5, 0.6) is 0 Å². The van der Waals surface area contributed by atoms with Crippen molar-refractivity contribution in [2.24, 2.45) is 5.92 Å². The SMILES string of the molecule is Cc1cccc(C)c1CNCC(O)CC(C)C. The van der Waals surface area contributed by atoms with Crippen LogP contribution in [0.1, 0.15) is 37.0 Å². The van der Waals surface area contributed by atoms with Gasteiger partial charge < -0.3 is 10.4 Å². The summed E-state index contributed by atoms with van der Waals surface area (Å²) in [4.78, 5) is 0. The second-order valence-electron chi connectivity index (χ2n) is 5.28. The third-order valence-electron chi connectivity index (χ3n) is 3.07. The van der Waals surface area contributed by atoms with Gasteiger partial charge in [-0.15, -0.1) is 0 Å². The van der Waals surface area contributed by atoms with E-state index in [1.807, 2.05) is 0 Å². The van der Waals surface area contributed by atoms with Crippen molar-refractivity contribution in [3.63, 3.8) is 0 Å². The number of nitrogens with one attached hydrogen (secondary N) is 1. The van der Waals surface area contributed by atoms with Gasteiger partial charge in [-0.25, -0.2) is 0 Å². The van der Waals surface area contributed by atoms with Gasteiger partial charge in [-0.05, 0) is 42.9 Å². The van der Waals surface area contributed by atoms with Crippen LogP contribution in [-0.2, 0) is 6.54 Å². The summed E-state index contributed by atoms with van der Waals surface area (Å²) >= 11 is 0. The van der Waals surface area contributed by atoms with E-state index in [-0.39, 0.29) is 6.10 Å². The van der Waals surface area contributed by atoms with Crippen LogP contribution in [-0.4, -0.2) is 17.8 Å². The van der Waals surface area contributed by atoms with Gasteiger partial charge in [0.1, 0.15) is 0 Å². The lowest BCUT2D eigenvalue weighted by Gasteiger charge is -2.15. The smallest absolute Gasteiger partial charge is 0.0667 e. The summed E-state index contributed by atoms with van der Waals surface area (Å²) in [5, 5.41) is 13.1. The Balaban J connectivity index is 2.41. The Kier molecular flexibility index (Phi) is 5.66. The first-order valence-electron chi connectivity index (χ1n) is 6.44. The van der Waals surface area contributed by atoms with Gasteiger partial charge in [0.15, 0.2) is 0 Å². The van der Waals surface area contributed by atoms with Crippen LogP contribution in [0.2, 0.25) is 0 Å². The number of benzene rings is 1. The Morgan fingerprint density at radius 3 is 2.29 bits per heavy atom. The van der Waals surface area contributed by atoms with E-state index in [4.69, 9.17) is 0 Å². The number of aryl methyl sites for hydroxylation is 2. The third kappa shape index (κ3) is 4.88. The zero-order valence-electron chi connectivity index (χ0n) is 11.5. The molecule has 0 aliphatic rings. The lowest BCUT2D eigenvalue weighted by atomic mass is 10.0. The maximum absolute atomic E-state index is 9.77. The summed E-state index contributed by atoms with van der Waals surface area (Å²) in [5.74, 6) is 0.548. The molecular weight excluding hydrogens is 210 g/mol. The third-order valence-corrected chi connectivity index (χ3v) is 3.07. The van der Waals surface area contributed by atoms with Crippen molar-refractivity contribution < 1.29 is 5.11 Å². The van der Waals surface area contributed by atoms with Gasteiger partial charge in [0.25, 0.3) is 0 Å². The molecule has 0 fully saturated rings. The van der Waals surface area contributed by atoms with Crippen molar-refractivity contribution in [3.8, 4) is 0 Å². The highest BCUT2D eigenvalue weighted by Crippen LogP contribution is 2.12. The summed E-state index contributed by atoms with van der Waals surface area (Å²) in [6.07, 6.45) is 0.624. The van der Waals surface area contributed by atoms with Crippen molar-refractivity contribution in [2.45, 2.75) is 46.8 Å². The Labute approximate surface area is 105 Å². The molecule has 0 radical (unpaired) electrons. The van der Waals surface area contributed by atoms with E-state index >= 15 is 0 Å². The molecule has 0 aliphatic carbocycles. The Bertz CT molecular complexity index is 327. The van der Waals surface area contributed by atoms with Gasteiger partial charge in [0.05, 0.1) is 6.10 Å². The molecule has 0 spiro atoms. The van der Waals surface area contributed by atoms with Gasteiger partial charge in [-0.1, -0.05) is 32.0 Å². The summed E-state index contributed by atoms with van der Waals surface area (Å²) in [6.45, 7) is 10.0. The number of rotatable bonds is 6. The van der Waals surface area contributed by atoms with Crippen LogP contribution < -0.4 is 5.32 Å². The number of hydrogen-bond donors (Lipinski definition) is 2. The molecule has 96 valence electrons. The fourth-order valence-electron chi connectivity index (χ4n) is 2.12. The highest BCUT2D eigenvalue weighted by Gasteiger charge is 2.07. The minimum Gasteiger partial charge on any atom is -0.392 e. The van der Waals surface area contributed by atoms with Crippen LogP contribution in [0.3, 0.4) is 0 Å². The van der Waals surface area contributed by atoms with Crippen LogP contribution in [0, 0.1) is 19.8 Å². The van der Waals surface area contributed by atoms with Gasteiger partial charge >= 0.3 is 0 Å². The molecule has 1 aromatic carbocycles. The van der Waals surface area contributed by atoms with Crippen molar-refractivity contribution in [3.05, 3.63) is 34.9 Å². The minimum absolute atomic E-state index is 0.237. The Morgan fingerprint density at radius 1 is 1.18 bits per heavy atom. The van der Waals surface area contributed by atoms with Crippen LogP contribution >= 0.6 is 0 Å². The molecule has 2 nitrogen and oxygen atoms in total. The summed E-state index contributed by atoms with van der Waals surface area (Å²) < 4.78 is 0. The molecule has 1 atom stereocenters. The standard InChI is InChI=1S/C15H25NO/c1-11(2)8-14(17)9-16-10-15-12(3)6-5-7-13(15)4/h5-7,11,14,16-17H,8-10H2,1-4H3. The monoisotopic (exact) mass is 235 g/mol. The van der Waals surface area contributed by atoms with Crippen molar-refractivity contribution >= 4 is 0 Å². The molecule has 0 aliphatic heterocycles. The fourth-order valence-corrected chi connectivity index (χ4v) is 2.12. The second-order valence-corrected chi connectivity index (χ2v) is 5.28. The molecular formula is C15H25NO. The van der Waals surface area contributed by atoms with Gasteiger partial charge in [0.2, 0.25) is 0 Å². The van der Waals surface area contributed by atoms with Crippen molar-refractivity contribution in [1.29, 1.82) is 0 Å². The second kappa shape index (κ2) is 6.77. The normalized spacial score (nSPS) is 13.1. The molecule has 0 amide bonds. The Morgan fingerprint density at radius 2 is 1.76 bits per heavy atom. The van der Waals surface area contributed by atoms with E-state index in [0.29, 0.717) is 12.5 Å². The molecule has 0 heterocycles. The van der Waals surface area contributed by atoms with E-state index in [0.717, 1.165) is 13.0 Å². The molecule has 0 saturated heterocycles. The number of aliphatic hydroxyl groups is 1. The predicted molar refractivity (Wildman–Crippen MR) is 73.1 cm³/mol. The molecule has 1 rings (SSSR count). The topological polar surface area (TPSA) is 32.3 Å². The zero-order chi connectivity index (χ0) is 12.8. The van der Waals surface area contributed by atoms with Gasteiger partial charge in [-0.3, -0.25) is 0 Å². The molecule has 1 aromatic rings. The number of aliphatic hydroxyl groups excluding tert-OH is 1. The van der Waals surface area contributed by atoms with E-state index in [9.17, 15) is 5.11 Å². The van der Waals surface area contributed by atoms with Crippen molar-refractivity contribution in [1.82, 2.24) is 5.32 Å². The predicted octanol–water partition coefficient (Wildman–Crippen LogP) is 2.80. The molecule has 0 aromatic heterocycles. The van der Waals surface area contributed by atoms with Crippen LogP contribution in [0.15, 0.2) is 18.2 Å². The van der Waals surface area contributed by atoms with E-state index in [2.05, 4.69) is 51.2 Å². The lowest BCUT2D eigenvalue weighted by molar-refractivity contribution is 0.146. The maximum Gasteiger partial charge on any atom is 0.0667 e. The first-order valence-corrected chi connectivity index (χ1v) is 6.44. The highest BCUT2D eigenvalue weighted by molar-refractivity contribution is 5.33. The van der Waals surface area contributed by atoms with Gasteiger partial charge in [-0.2, -0.15) is 0 Å². The highest BCUT2D eigenvalue weighted by atomic mass is 16.3. The summed E-state index contributed by atoms with van der Waals surface area (Å²) in [6, 6.07) is 6.35. The average Bonchev–Trinajstić information content (AvgIpc) is 2.21. The summed E-state index contributed by atoms with van der Waals surface area (Å²) in [5.41, 5.74) is 3.98. The maximum atomic E-state index is 9.77. The number of hydrogen-bond acceptors (Lipinski definition) is 2. The molecule has 2 N–H and O–H groups in total. The Hall–Kier alpha value is -0.860. The molecule has 0 saturated carbocycles. The summed E-state index contributed by atoms with van der Waals surface area (Å²) in [7, 11) is 0. The molecule has 17 heavy (non-hydrogen) atoms. The first kappa shape index (κ1) is 14.2. The van der Waals surface area contributed by atoms with Crippen LogP contribution in [0.4, 0.5) is 0 Å². The fraction of sp³-hybridized carbons (Fsp3) is 0.600. The minimum atomic E-state index is -0.237. The molecule has 2 heteroatoms. The molecule has 0 bridgehead atoms. The van der Waals surface area contributed by atoms with Gasteiger partial charge in [0, 0.05) is 13.1 Å². The lowest BCUT2D eigenvalue weighted by Crippen LogP contribution is -2.28. The quantitative estimate of drug-likeness (QED) is 0.794. The zero-order valence-corrected chi connectivity index (χ0v) is 11.5. The average molecular weight is 235 g/mol. The molecule has 1 unspecified atom stereocenters. The van der Waals surface area contributed by atoms with E-state index < -0.39 is 0 Å². The van der Waals surface area contributed by atoms with Crippen molar-refractivity contribution in [2.75, 3.05) is 6.54 Å². The van der Waals surface area contributed by atoms with E-state index in [1.165, 1.54) is 16.7 Å². The van der Waals surface area contributed by atoms with E-state index in [1.54, 1.807) is 0 Å². The first-order chi connectivity index (χ1) is 8.00. The van der Waals surface area contributed by atoms with Crippen LogP contribution in [0.25, 0.3) is 0 Å².